The zero-order valence-corrected chi connectivity index (χ0v) is 11.4. The predicted molar refractivity (Wildman–Crippen MR) is 65.6 cm³/mol. The highest BCUT2D eigenvalue weighted by molar-refractivity contribution is 9.10. The summed E-state index contributed by atoms with van der Waals surface area (Å²) in [6.45, 7) is 0. The third-order valence-electron chi connectivity index (χ3n) is 1.85. The van der Waals surface area contributed by atoms with Crippen LogP contribution in [0.2, 0.25) is 5.28 Å². The molecule has 0 unspecified atom stereocenters. The topological polar surface area (TPSA) is 57.1 Å². The molecule has 2 rings (SSSR count). The average molecular weight is 335 g/mol. The lowest BCUT2D eigenvalue weighted by atomic mass is 10.3. The molecule has 0 saturated carbocycles. The lowest BCUT2D eigenvalue weighted by molar-refractivity contribution is 0.359. The number of halogens is 3. The van der Waals surface area contributed by atoms with Gasteiger partial charge in [0.2, 0.25) is 5.28 Å². The normalized spacial score (nSPS) is 10.2. The molecule has 1 aromatic heterocycles. The molecule has 2 aromatic rings. The first kappa shape index (κ1) is 13.0. The zero-order valence-electron chi connectivity index (χ0n) is 9.02. The van der Waals surface area contributed by atoms with Crippen LogP contribution in [0.5, 0.6) is 17.8 Å². The molecule has 8 heteroatoms. The van der Waals surface area contributed by atoms with Gasteiger partial charge in [-0.05, 0) is 45.7 Å². The van der Waals surface area contributed by atoms with Crippen molar-refractivity contribution in [2.24, 2.45) is 0 Å². The van der Waals surface area contributed by atoms with Gasteiger partial charge in [0.15, 0.2) is 0 Å². The van der Waals surface area contributed by atoms with Gasteiger partial charge in [0.25, 0.3) is 0 Å². The minimum Gasteiger partial charge on any atom is -0.467 e. The Labute approximate surface area is 115 Å². The van der Waals surface area contributed by atoms with E-state index in [1.54, 1.807) is 0 Å². The molecule has 1 aromatic carbocycles. The van der Waals surface area contributed by atoms with Gasteiger partial charge < -0.3 is 9.47 Å². The number of rotatable bonds is 3. The third kappa shape index (κ3) is 3.05. The summed E-state index contributed by atoms with van der Waals surface area (Å²) in [4.78, 5) is 11.3. The maximum atomic E-state index is 13.0. The Balaban J connectivity index is 2.27. The van der Waals surface area contributed by atoms with Gasteiger partial charge in [0.1, 0.15) is 11.6 Å². The molecule has 18 heavy (non-hydrogen) atoms. The molecule has 0 fully saturated rings. The molecule has 0 N–H and O–H groups in total. The first-order valence-corrected chi connectivity index (χ1v) is 5.84. The minimum absolute atomic E-state index is 0.0335. The van der Waals surface area contributed by atoms with Gasteiger partial charge in [0.05, 0.1) is 11.6 Å². The van der Waals surface area contributed by atoms with Crippen LogP contribution in [0, 0.1) is 5.82 Å². The molecule has 0 aliphatic carbocycles. The summed E-state index contributed by atoms with van der Waals surface area (Å²) in [5.74, 6) is -0.0406. The van der Waals surface area contributed by atoms with Gasteiger partial charge in [-0.1, -0.05) is 0 Å². The number of hydrogen-bond donors (Lipinski definition) is 0. The second-order valence-corrected chi connectivity index (χ2v) is 4.24. The van der Waals surface area contributed by atoms with E-state index in [1.165, 1.54) is 25.3 Å². The molecule has 1 heterocycles. The maximum Gasteiger partial charge on any atom is 0.329 e. The number of aromatic nitrogens is 3. The molecule has 0 radical (unpaired) electrons. The van der Waals surface area contributed by atoms with Crippen molar-refractivity contribution in [3.63, 3.8) is 0 Å². The van der Waals surface area contributed by atoms with Crippen LogP contribution < -0.4 is 9.47 Å². The molecular formula is C10H6BrClFN3O2. The SMILES string of the molecule is COc1nc(Cl)nc(Oc2ccc(F)c(Br)c2)n1. The van der Waals surface area contributed by atoms with Crippen molar-refractivity contribution in [3.05, 3.63) is 33.8 Å². The zero-order chi connectivity index (χ0) is 13.1. The summed E-state index contributed by atoms with van der Waals surface area (Å²) in [6.07, 6.45) is 0. The van der Waals surface area contributed by atoms with Crippen molar-refractivity contribution in [1.82, 2.24) is 15.0 Å². The second kappa shape index (κ2) is 5.45. The van der Waals surface area contributed by atoms with Crippen LogP contribution >= 0.6 is 27.5 Å². The highest BCUT2D eigenvalue weighted by atomic mass is 79.9. The molecule has 0 amide bonds. The van der Waals surface area contributed by atoms with Gasteiger partial charge in [0, 0.05) is 0 Å². The maximum absolute atomic E-state index is 13.0. The summed E-state index contributed by atoms with van der Waals surface area (Å²) < 4.78 is 23.4. The van der Waals surface area contributed by atoms with E-state index in [0.717, 1.165) is 0 Å². The first-order valence-electron chi connectivity index (χ1n) is 4.67. The van der Waals surface area contributed by atoms with E-state index in [-0.39, 0.29) is 21.8 Å². The van der Waals surface area contributed by atoms with Crippen LogP contribution in [0.15, 0.2) is 22.7 Å². The van der Waals surface area contributed by atoms with Crippen molar-refractivity contribution in [3.8, 4) is 17.8 Å². The Morgan fingerprint density at radius 3 is 2.61 bits per heavy atom. The summed E-state index contributed by atoms with van der Waals surface area (Å²) in [6, 6.07) is 4.12. The monoisotopic (exact) mass is 333 g/mol. The van der Waals surface area contributed by atoms with Crippen LogP contribution in [-0.4, -0.2) is 22.1 Å². The number of ether oxygens (including phenoxy) is 2. The Hall–Kier alpha value is -1.47. The number of nitrogens with zero attached hydrogens (tertiary/aromatic N) is 3. The van der Waals surface area contributed by atoms with Crippen molar-refractivity contribution in [2.75, 3.05) is 7.11 Å². The van der Waals surface area contributed by atoms with E-state index >= 15 is 0 Å². The third-order valence-corrected chi connectivity index (χ3v) is 2.63. The summed E-state index contributed by atoms with van der Waals surface area (Å²) in [5.41, 5.74) is 0. The van der Waals surface area contributed by atoms with Gasteiger partial charge in [-0.3, -0.25) is 0 Å². The van der Waals surface area contributed by atoms with Crippen LogP contribution in [-0.2, 0) is 0 Å². The van der Waals surface area contributed by atoms with E-state index in [2.05, 4.69) is 30.9 Å². The highest BCUT2D eigenvalue weighted by Gasteiger charge is 2.08. The predicted octanol–water partition coefficient (Wildman–Crippen LogP) is 3.23. The number of methoxy groups -OCH3 is 1. The fourth-order valence-electron chi connectivity index (χ4n) is 1.10. The minimum atomic E-state index is -0.395. The van der Waals surface area contributed by atoms with Crippen LogP contribution in [0.3, 0.4) is 0 Å². The van der Waals surface area contributed by atoms with E-state index in [9.17, 15) is 4.39 Å². The average Bonchev–Trinajstić information content (AvgIpc) is 2.33. The molecule has 0 aliphatic heterocycles. The van der Waals surface area contributed by atoms with Gasteiger partial charge in [-0.2, -0.15) is 9.97 Å². The van der Waals surface area contributed by atoms with E-state index < -0.39 is 5.82 Å². The smallest absolute Gasteiger partial charge is 0.329 e. The van der Waals surface area contributed by atoms with Gasteiger partial charge in [-0.25, -0.2) is 4.39 Å². The summed E-state index contributed by atoms with van der Waals surface area (Å²) >= 11 is 8.70. The molecule has 0 aliphatic rings. The number of hydrogen-bond acceptors (Lipinski definition) is 5. The summed E-state index contributed by atoms with van der Waals surface area (Å²) in [5, 5.41) is -0.0574. The second-order valence-electron chi connectivity index (χ2n) is 3.05. The fraction of sp³-hybridized carbons (Fsp3) is 0.100. The lowest BCUT2D eigenvalue weighted by Gasteiger charge is -2.05. The highest BCUT2D eigenvalue weighted by Crippen LogP contribution is 2.25. The molecule has 0 bridgehead atoms. The standard InChI is InChI=1S/C10H6BrClFN3O2/c1-17-9-14-8(12)15-10(16-9)18-5-2-3-7(13)6(11)4-5/h2-4H,1H3. The van der Waals surface area contributed by atoms with Gasteiger partial charge in [-0.15, -0.1) is 4.98 Å². The summed E-state index contributed by atoms with van der Waals surface area (Å²) in [7, 11) is 1.39. The Morgan fingerprint density at radius 2 is 1.94 bits per heavy atom. The molecular weight excluding hydrogens is 328 g/mol. The van der Waals surface area contributed by atoms with E-state index in [1.807, 2.05) is 0 Å². The van der Waals surface area contributed by atoms with E-state index in [0.29, 0.717) is 5.75 Å². The van der Waals surface area contributed by atoms with Crippen LogP contribution in [0.1, 0.15) is 0 Å². The lowest BCUT2D eigenvalue weighted by Crippen LogP contribution is -1.98. The van der Waals surface area contributed by atoms with Crippen molar-refractivity contribution >= 4 is 27.5 Å². The Kier molecular flexibility index (Phi) is 3.93. The number of benzene rings is 1. The van der Waals surface area contributed by atoms with Crippen LogP contribution in [0.4, 0.5) is 4.39 Å². The quantitative estimate of drug-likeness (QED) is 0.862. The van der Waals surface area contributed by atoms with Crippen molar-refractivity contribution in [2.45, 2.75) is 0 Å². The first-order chi connectivity index (χ1) is 8.58. The molecule has 5 nitrogen and oxygen atoms in total. The van der Waals surface area contributed by atoms with Crippen LogP contribution in [0.25, 0.3) is 0 Å². The molecule has 94 valence electrons. The van der Waals surface area contributed by atoms with Crippen molar-refractivity contribution in [1.29, 1.82) is 0 Å². The fourth-order valence-corrected chi connectivity index (χ4v) is 1.60. The van der Waals surface area contributed by atoms with Crippen molar-refractivity contribution < 1.29 is 13.9 Å². The molecule has 0 saturated heterocycles. The van der Waals surface area contributed by atoms with Gasteiger partial charge >= 0.3 is 12.0 Å². The Bertz CT molecular complexity index is 585. The largest absolute Gasteiger partial charge is 0.467 e. The molecule has 0 atom stereocenters. The Morgan fingerprint density at radius 1 is 1.22 bits per heavy atom. The molecule has 0 spiro atoms. The van der Waals surface area contributed by atoms with E-state index in [4.69, 9.17) is 21.1 Å².